The number of nitrogen functional groups attached to an aromatic ring is 1. The summed E-state index contributed by atoms with van der Waals surface area (Å²) in [5.41, 5.74) is 6.96. The van der Waals surface area contributed by atoms with Crippen molar-refractivity contribution in [3.8, 4) is 0 Å². The molecule has 0 aliphatic rings. The number of nitrogens with two attached hydrogens (primary N) is 1. The molecule has 0 spiro atoms. The fourth-order valence-electron chi connectivity index (χ4n) is 1.28. The van der Waals surface area contributed by atoms with Crippen LogP contribution >= 0.6 is 0 Å². The van der Waals surface area contributed by atoms with Crippen molar-refractivity contribution in [2.75, 3.05) is 25.5 Å². The lowest BCUT2D eigenvalue weighted by atomic mass is 10.2. The maximum absolute atomic E-state index is 11.7. The molecule has 0 aliphatic carbocycles. The maximum atomic E-state index is 11.7. The number of nitrogens with zero attached hydrogens (tertiary/aromatic N) is 1. The van der Waals surface area contributed by atoms with Crippen LogP contribution in [-0.4, -0.2) is 37.1 Å². The van der Waals surface area contributed by atoms with Gasteiger partial charge in [0.2, 0.25) is 0 Å². The lowest BCUT2D eigenvalue weighted by Gasteiger charge is -2.08. The SMILES string of the molecule is Cc1cc(N)c(C(=O)NCCOCC(F)F)cn1. The van der Waals surface area contributed by atoms with Crippen molar-refractivity contribution in [1.82, 2.24) is 10.3 Å². The molecule has 0 aromatic carbocycles. The molecule has 1 rings (SSSR count). The number of carbonyl (C=O) groups excluding carboxylic acids is 1. The van der Waals surface area contributed by atoms with E-state index < -0.39 is 18.9 Å². The van der Waals surface area contributed by atoms with Gasteiger partial charge in [-0.1, -0.05) is 0 Å². The van der Waals surface area contributed by atoms with E-state index in [9.17, 15) is 13.6 Å². The number of amides is 1. The third-order valence-corrected chi connectivity index (χ3v) is 2.09. The van der Waals surface area contributed by atoms with Crippen LogP contribution in [0, 0.1) is 6.92 Å². The number of rotatable bonds is 6. The van der Waals surface area contributed by atoms with Crippen molar-refractivity contribution in [1.29, 1.82) is 0 Å². The monoisotopic (exact) mass is 259 g/mol. The molecule has 0 radical (unpaired) electrons. The van der Waals surface area contributed by atoms with Gasteiger partial charge in [0.1, 0.15) is 6.61 Å². The van der Waals surface area contributed by atoms with Crippen molar-refractivity contribution in [3.05, 3.63) is 23.5 Å². The average Bonchev–Trinajstić information content (AvgIpc) is 2.27. The van der Waals surface area contributed by atoms with Crippen molar-refractivity contribution >= 4 is 11.6 Å². The number of anilines is 1. The van der Waals surface area contributed by atoms with Gasteiger partial charge in [-0.25, -0.2) is 8.78 Å². The third kappa shape index (κ3) is 4.62. The summed E-state index contributed by atoms with van der Waals surface area (Å²) in [4.78, 5) is 15.6. The van der Waals surface area contributed by atoms with Crippen LogP contribution in [0.1, 0.15) is 16.1 Å². The van der Waals surface area contributed by atoms with E-state index in [0.29, 0.717) is 11.4 Å². The predicted molar refractivity (Wildman–Crippen MR) is 62.5 cm³/mol. The van der Waals surface area contributed by atoms with E-state index in [1.54, 1.807) is 13.0 Å². The van der Waals surface area contributed by atoms with Gasteiger partial charge in [-0.15, -0.1) is 0 Å². The first-order chi connectivity index (χ1) is 8.50. The molecule has 1 aromatic heterocycles. The first-order valence-corrected chi connectivity index (χ1v) is 5.37. The summed E-state index contributed by atoms with van der Waals surface area (Å²) in [5.74, 6) is -0.402. The molecule has 7 heteroatoms. The molecule has 1 heterocycles. The quantitative estimate of drug-likeness (QED) is 0.747. The Hall–Kier alpha value is -1.76. The molecule has 1 aromatic rings. The lowest BCUT2D eigenvalue weighted by molar-refractivity contribution is 0.0188. The summed E-state index contributed by atoms with van der Waals surface area (Å²) in [6.07, 6.45) is -1.13. The highest BCUT2D eigenvalue weighted by Gasteiger charge is 2.09. The highest BCUT2D eigenvalue weighted by Crippen LogP contribution is 2.10. The van der Waals surface area contributed by atoms with Crippen LogP contribution in [0.3, 0.4) is 0 Å². The van der Waals surface area contributed by atoms with Crippen LogP contribution in [0.15, 0.2) is 12.3 Å². The zero-order valence-electron chi connectivity index (χ0n) is 9.95. The first kappa shape index (κ1) is 14.3. The van der Waals surface area contributed by atoms with Crippen LogP contribution in [0.5, 0.6) is 0 Å². The Bertz CT molecular complexity index is 413. The molecule has 1 amide bonds. The molecule has 100 valence electrons. The minimum Gasteiger partial charge on any atom is -0.398 e. The maximum Gasteiger partial charge on any atom is 0.261 e. The second kappa shape index (κ2) is 6.85. The molecule has 0 saturated carbocycles. The smallest absolute Gasteiger partial charge is 0.261 e. The van der Waals surface area contributed by atoms with Gasteiger partial charge in [0.15, 0.2) is 0 Å². The van der Waals surface area contributed by atoms with Gasteiger partial charge >= 0.3 is 0 Å². The summed E-state index contributed by atoms with van der Waals surface area (Å²) < 4.78 is 28.1. The molecule has 0 bridgehead atoms. The first-order valence-electron chi connectivity index (χ1n) is 5.37. The minimum absolute atomic E-state index is 0.0231. The number of hydrogen-bond acceptors (Lipinski definition) is 4. The standard InChI is InChI=1S/C11H15F2N3O2/c1-7-4-9(14)8(5-16-7)11(17)15-2-3-18-6-10(12)13/h4-5,10H,2-3,6H2,1H3,(H2,14,16)(H,15,17). The van der Waals surface area contributed by atoms with Gasteiger partial charge < -0.3 is 15.8 Å². The molecule has 0 atom stereocenters. The fourth-order valence-corrected chi connectivity index (χ4v) is 1.28. The van der Waals surface area contributed by atoms with Crippen molar-refractivity contribution in [2.45, 2.75) is 13.3 Å². The van der Waals surface area contributed by atoms with E-state index in [0.717, 1.165) is 0 Å². The van der Waals surface area contributed by atoms with E-state index in [1.165, 1.54) is 6.20 Å². The number of halogens is 2. The third-order valence-electron chi connectivity index (χ3n) is 2.09. The topological polar surface area (TPSA) is 77.2 Å². The summed E-state index contributed by atoms with van der Waals surface area (Å²) in [6, 6.07) is 1.59. The number of hydrogen-bond donors (Lipinski definition) is 2. The molecule has 0 unspecified atom stereocenters. The van der Waals surface area contributed by atoms with Gasteiger partial charge in [-0.05, 0) is 13.0 Å². The number of aromatic nitrogens is 1. The van der Waals surface area contributed by atoms with E-state index in [1.807, 2.05) is 0 Å². The van der Waals surface area contributed by atoms with E-state index >= 15 is 0 Å². The Morgan fingerprint density at radius 3 is 2.94 bits per heavy atom. The van der Waals surface area contributed by atoms with E-state index in [-0.39, 0.29) is 18.7 Å². The van der Waals surface area contributed by atoms with Gasteiger partial charge in [0, 0.05) is 24.1 Å². The Labute approximate surface area is 103 Å². The van der Waals surface area contributed by atoms with Crippen LogP contribution in [0.2, 0.25) is 0 Å². The largest absolute Gasteiger partial charge is 0.398 e. The molecular formula is C11H15F2N3O2. The highest BCUT2D eigenvalue weighted by atomic mass is 19.3. The number of aryl methyl sites for hydroxylation is 1. The van der Waals surface area contributed by atoms with Gasteiger partial charge in [-0.2, -0.15) is 0 Å². The number of pyridine rings is 1. The highest BCUT2D eigenvalue weighted by molar-refractivity contribution is 5.98. The Balaban J connectivity index is 2.36. The number of nitrogens with one attached hydrogen (secondary N) is 1. The molecule has 5 nitrogen and oxygen atoms in total. The van der Waals surface area contributed by atoms with Crippen molar-refractivity contribution in [3.63, 3.8) is 0 Å². The minimum atomic E-state index is -2.50. The summed E-state index contributed by atoms with van der Waals surface area (Å²) in [7, 11) is 0. The van der Waals surface area contributed by atoms with Gasteiger partial charge in [-0.3, -0.25) is 9.78 Å². The summed E-state index contributed by atoms with van der Waals surface area (Å²) >= 11 is 0. The number of alkyl halides is 2. The van der Waals surface area contributed by atoms with E-state index in [4.69, 9.17) is 5.73 Å². The van der Waals surface area contributed by atoms with Crippen LogP contribution in [0.4, 0.5) is 14.5 Å². The molecule has 0 saturated heterocycles. The average molecular weight is 259 g/mol. The van der Waals surface area contributed by atoms with Crippen molar-refractivity contribution < 1.29 is 18.3 Å². The zero-order chi connectivity index (χ0) is 13.5. The molecule has 0 aliphatic heterocycles. The lowest BCUT2D eigenvalue weighted by Crippen LogP contribution is -2.28. The zero-order valence-corrected chi connectivity index (χ0v) is 9.95. The molecule has 0 fully saturated rings. The number of carbonyl (C=O) groups is 1. The Morgan fingerprint density at radius 1 is 1.61 bits per heavy atom. The van der Waals surface area contributed by atoms with Crippen molar-refractivity contribution in [2.24, 2.45) is 0 Å². The Kier molecular flexibility index (Phi) is 5.44. The Morgan fingerprint density at radius 2 is 2.33 bits per heavy atom. The molecule has 3 N–H and O–H groups in total. The van der Waals surface area contributed by atoms with E-state index in [2.05, 4.69) is 15.0 Å². The van der Waals surface area contributed by atoms with Crippen LogP contribution in [0.25, 0.3) is 0 Å². The number of ether oxygens (including phenoxy) is 1. The van der Waals surface area contributed by atoms with Gasteiger partial charge in [0.25, 0.3) is 12.3 Å². The van der Waals surface area contributed by atoms with Gasteiger partial charge in [0.05, 0.1) is 12.2 Å². The molecule has 18 heavy (non-hydrogen) atoms. The summed E-state index contributed by atoms with van der Waals surface area (Å²) in [6.45, 7) is 1.29. The predicted octanol–water partition coefficient (Wildman–Crippen LogP) is 0.984. The van der Waals surface area contributed by atoms with Crippen LogP contribution < -0.4 is 11.1 Å². The fraction of sp³-hybridized carbons (Fsp3) is 0.455. The van der Waals surface area contributed by atoms with Crippen LogP contribution in [-0.2, 0) is 4.74 Å². The molecular weight excluding hydrogens is 244 g/mol. The second-order valence-electron chi connectivity index (χ2n) is 3.63. The normalized spacial score (nSPS) is 10.7. The summed E-state index contributed by atoms with van der Waals surface area (Å²) in [5, 5.41) is 2.50. The second-order valence-corrected chi connectivity index (χ2v) is 3.63.